The smallest absolute Gasteiger partial charge is 0.273 e. The third-order valence-corrected chi connectivity index (χ3v) is 3.73. The lowest BCUT2D eigenvalue weighted by atomic mass is 10.1. The number of nitro groups is 1. The number of anilines is 2. The number of nitrogens with one attached hydrogen (secondary N) is 1. The number of nitrogen functional groups attached to an aromatic ring is 1. The molecule has 1 aromatic carbocycles. The van der Waals surface area contributed by atoms with E-state index in [1.807, 2.05) is 0 Å². The molecule has 6 heteroatoms. The molecule has 6 nitrogen and oxygen atoms in total. The van der Waals surface area contributed by atoms with Crippen LogP contribution in [0.15, 0.2) is 18.2 Å². The number of ether oxygens (including phenoxy) is 1. The van der Waals surface area contributed by atoms with Crippen LogP contribution in [0.2, 0.25) is 0 Å². The first kappa shape index (κ1) is 12.2. The lowest BCUT2D eigenvalue weighted by molar-refractivity contribution is -0.384. The van der Waals surface area contributed by atoms with Crippen LogP contribution in [0.1, 0.15) is 19.3 Å². The van der Waals surface area contributed by atoms with E-state index in [2.05, 4.69) is 5.32 Å². The Hall–Kier alpha value is -1.82. The minimum Gasteiger partial charge on any atom is -0.398 e. The van der Waals surface area contributed by atoms with Gasteiger partial charge in [-0.2, -0.15) is 0 Å². The summed E-state index contributed by atoms with van der Waals surface area (Å²) in [6.45, 7) is 0.753. The van der Waals surface area contributed by atoms with Gasteiger partial charge in [0.1, 0.15) is 0 Å². The van der Waals surface area contributed by atoms with E-state index in [1.54, 1.807) is 6.07 Å². The van der Waals surface area contributed by atoms with Gasteiger partial charge in [-0.25, -0.2) is 0 Å². The summed E-state index contributed by atoms with van der Waals surface area (Å²) in [7, 11) is 0. The Bertz CT molecular complexity index is 502. The maximum absolute atomic E-state index is 10.8. The highest BCUT2D eigenvalue weighted by molar-refractivity contribution is 5.62. The predicted molar refractivity (Wildman–Crippen MR) is 72.0 cm³/mol. The van der Waals surface area contributed by atoms with Gasteiger partial charge in [-0.1, -0.05) is 0 Å². The molecule has 0 aromatic heterocycles. The summed E-state index contributed by atoms with van der Waals surface area (Å²) in [4.78, 5) is 10.4. The van der Waals surface area contributed by atoms with Crippen LogP contribution >= 0.6 is 0 Å². The summed E-state index contributed by atoms with van der Waals surface area (Å²) >= 11 is 0. The molecule has 3 N–H and O–H groups in total. The van der Waals surface area contributed by atoms with Crippen LogP contribution in [0.4, 0.5) is 17.1 Å². The largest absolute Gasteiger partial charge is 0.398 e. The molecule has 2 unspecified atom stereocenters. The molecule has 1 saturated heterocycles. The van der Waals surface area contributed by atoms with Crippen LogP contribution in [0.25, 0.3) is 0 Å². The lowest BCUT2D eigenvalue weighted by Gasteiger charge is -2.20. The van der Waals surface area contributed by atoms with Crippen molar-refractivity contribution in [3.05, 3.63) is 28.3 Å². The number of nitrogens with two attached hydrogens (primary N) is 1. The van der Waals surface area contributed by atoms with E-state index in [0.29, 0.717) is 17.3 Å². The number of nitrogens with zero attached hydrogens (tertiary/aromatic N) is 1. The Morgan fingerprint density at radius 1 is 1.32 bits per heavy atom. The van der Waals surface area contributed by atoms with Gasteiger partial charge in [-0.15, -0.1) is 0 Å². The fourth-order valence-corrected chi connectivity index (χ4v) is 2.69. The molecule has 19 heavy (non-hydrogen) atoms. The first-order valence-corrected chi connectivity index (χ1v) is 6.56. The van der Waals surface area contributed by atoms with Crippen LogP contribution in [-0.4, -0.2) is 23.7 Å². The van der Waals surface area contributed by atoms with Crippen molar-refractivity contribution in [2.75, 3.05) is 17.7 Å². The fraction of sp³-hybridized carbons (Fsp3) is 0.538. The number of rotatable bonds is 4. The number of non-ortho nitro benzene ring substituents is 1. The van der Waals surface area contributed by atoms with Crippen LogP contribution in [-0.2, 0) is 4.74 Å². The van der Waals surface area contributed by atoms with E-state index in [9.17, 15) is 10.1 Å². The molecule has 3 rings (SSSR count). The summed E-state index contributed by atoms with van der Waals surface area (Å²) in [6, 6.07) is 4.86. The van der Waals surface area contributed by atoms with Crippen molar-refractivity contribution in [2.45, 2.75) is 31.4 Å². The Kier molecular flexibility index (Phi) is 3.02. The average molecular weight is 263 g/mol. The van der Waals surface area contributed by atoms with Gasteiger partial charge >= 0.3 is 0 Å². The number of nitro benzene ring substituents is 1. The van der Waals surface area contributed by atoms with Crippen molar-refractivity contribution in [3.8, 4) is 0 Å². The molecule has 2 fully saturated rings. The third-order valence-electron chi connectivity index (χ3n) is 3.73. The maximum Gasteiger partial charge on any atom is 0.273 e. The number of hydrogen-bond donors (Lipinski definition) is 2. The summed E-state index contributed by atoms with van der Waals surface area (Å²) in [6.07, 6.45) is 3.62. The first-order valence-electron chi connectivity index (χ1n) is 6.56. The minimum absolute atomic E-state index is 0.0180. The van der Waals surface area contributed by atoms with Gasteiger partial charge in [0.05, 0.1) is 17.1 Å². The predicted octanol–water partition coefficient (Wildman–Crippen LogP) is 2.16. The van der Waals surface area contributed by atoms with Crippen molar-refractivity contribution in [3.63, 3.8) is 0 Å². The van der Waals surface area contributed by atoms with Crippen LogP contribution in [0.5, 0.6) is 0 Å². The molecular weight excluding hydrogens is 246 g/mol. The molecule has 1 heterocycles. The second-order valence-electron chi connectivity index (χ2n) is 5.28. The van der Waals surface area contributed by atoms with E-state index in [4.69, 9.17) is 10.5 Å². The highest BCUT2D eigenvalue weighted by Gasteiger charge is 2.40. The zero-order chi connectivity index (χ0) is 13.4. The zero-order valence-electron chi connectivity index (χ0n) is 10.5. The van der Waals surface area contributed by atoms with Crippen molar-refractivity contribution in [2.24, 2.45) is 5.92 Å². The monoisotopic (exact) mass is 263 g/mol. The van der Waals surface area contributed by atoms with Crippen molar-refractivity contribution >= 4 is 17.1 Å². The van der Waals surface area contributed by atoms with Crippen LogP contribution in [0, 0.1) is 16.0 Å². The molecule has 1 saturated carbocycles. The standard InChI is InChI=1S/C13H17N3O3/c14-9-5-10(7-11(6-9)16(17)18)15-12-3-4-19-13(12)8-1-2-8/h5-8,12-13,15H,1-4,14H2. The van der Waals surface area contributed by atoms with Gasteiger partial charge in [-0.3, -0.25) is 10.1 Å². The van der Waals surface area contributed by atoms with Crippen molar-refractivity contribution in [1.29, 1.82) is 0 Å². The first-order chi connectivity index (χ1) is 9.13. The van der Waals surface area contributed by atoms with Crippen molar-refractivity contribution < 1.29 is 9.66 Å². The van der Waals surface area contributed by atoms with Crippen LogP contribution in [0.3, 0.4) is 0 Å². The molecule has 0 bridgehead atoms. The highest BCUT2D eigenvalue weighted by atomic mass is 16.6. The number of benzene rings is 1. The molecular formula is C13H17N3O3. The molecule has 2 aliphatic rings. The zero-order valence-corrected chi connectivity index (χ0v) is 10.5. The van der Waals surface area contributed by atoms with E-state index in [0.717, 1.165) is 13.0 Å². The molecule has 0 spiro atoms. The Morgan fingerprint density at radius 2 is 2.11 bits per heavy atom. The quantitative estimate of drug-likeness (QED) is 0.493. The highest BCUT2D eigenvalue weighted by Crippen LogP contribution is 2.39. The SMILES string of the molecule is Nc1cc(NC2CCOC2C2CC2)cc([N+](=O)[O-])c1. The summed E-state index contributed by atoms with van der Waals surface area (Å²) in [5.41, 5.74) is 6.82. The lowest BCUT2D eigenvalue weighted by Crippen LogP contribution is -2.30. The topological polar surface area (TPSA) is 90.4 Å². The summed E-state index contributed by atoms with van der Waals surface area (Å²) in [5.74, 6) is 0.649. The second-order valence-corrected chi connectivity index (χ2v) is 5.28. The van der Waals surface area contributed by atoms with E-state index in [1.165, 1.54) is 25.0 Å². The number of hydrogen-bond acceptors (Lipinski definition) is 5. The third kappa shape index (κ3) is 2.63. The van der Waals surface area contributed by atoms with Gasteiger partial charge < -0.3 is 15.8 Å². The molecule has 0 amide bonds. The average Bonchev–Trinajstić information content (AvgIpc) is 3.10. The maximum atomic E-state index is 10.8. The van der Waals surface area contributed by atoms with Crippen molar-refractivity contribution in [1.82, 2.24) is 0 Å². The molecule has 1 aliphatic heterocycles. The van der Waals surface area contributed by atoms with E-state index >= 15 is 0 Å². The van der Waals surface area contributed by atoms with E-state index < -0.39 is 4.92 Å². The van der Waals surface area contributed by atoms with Gasteiger partial charge in [-0.05, 0) is 31.2 Å². The minimum atomic E-state index is -0.426. The Balaban J connectivity index is 1.76. The van der Waals surface area contributed by atoms with Gasteiger partial charge in [0.15, 0.2) is 0 Å². The molecule has 1 aliphatic carbocycles. The second kappa shape index (κ2) is 4.70. The fourth-order valence-electron chi connectivity index (χ4n) is 2.69. The molecule has 2 atom stereocenters. The van der Waals surface area contributed by atoms with Crippen LogP contribution < -0.4 is 11.1 Å². The summed E-state index contributed by atoms with van der Waals surface area (Å²) < 4.78 is 5.74. The Labute approximate surface area is 111 Å². The molecule has 0 radical (unpaired) electrons. The molecule has 102 valence electrons. The Morgan fingerprint density at radius 3 is 2.79 bits per heavy atom. The van der Waals surface area contributed by atoms with Gasteiger partial charge in [0.2, 0.25) is 0 Å². The van der Waals surface area contributed by atoms with Gasteiger partial charge in [0.25, 0.3) is 5.69 Å². The van der Waals surface area contributed by atoms with E-state index in [-0.39, 0.29) is 17.8 Å². The van der Waals surface area contributed by atoms with Gasteiger partial charge in [0, 0.05) is 30.1 Å². The molecule has 1 aromatic rings. The summed E-state index contributed by atoms with van der Waals surface area (Å²) in [5, 5.41) is 14.2. The normalized spacial score (nSPS) is 26.3.